The molecule has 150 valence electrons. The number of nitrogens with zero attached hydrogens (tertiary/aromatic N) is 2. The van der Waals surface area contributed by atoms with Crippen molar-refractivity contribution < 1.29 is 14.3 Å². The molecule has 1 aliphatic rings. The molecule has 2 rings (SSSR count). The van der Waals surface area contributed by atoms with Gasteiger partial charge in [-0.1, -0.05) is 19.9 Å². The monoisotopic (exact) mass is 374 g/mol. The molecule has 0 spiro atoms. The Kier molecular flexibility index (Phi) is 7.69. The molecule has 0 saturated carbocycles. The van der Waals surface area contributed by atoms with Crippen LogP contribution in [0.5, 0.6) is 5.75 Å². The number of benzene rings is 1. The van der Waals surface area contributed by atoms with Crippen molar-refractivity contribution in [2.45, 2.75) is 53.4 Å². The summed E-state index contributed by atoms with van der Waals surface area (Å²) in [6, 6.07) is 6.01. The van der Waals surface area contributed by atoms with Crippen molar-refractivity contribution in [3.8, 4) is 5.75 Å². The molecule has 1 aromatic carbocycles. The van der Waals surface area contributed by atoms with Gasteiger partial charge in [0.1, 0.15) is 5.75 Å². The van der Waals surface area contributed by atoms with Crippen molar-refractivity contribution in [3.63, 3.8) is 0 Å². The minimum atomic E-state index is -0.00525. The van der Waals surface area contributed by atoms with Gasteiger partial charge in [0.2, 0.25) is 5.91 Å². The van der Waals surface area contributed by atoms with Crippen molar-refractivity contribution in [3.05, 3.63) is 29.3 Å². The number of carbonyl (C=O) groups is 2. The maximum atomic E-state index is 12.5. The summed E-state index contributed by atoms with van der Waals surface area (Å²) < 4.78 is 5.72. The van der Waals surface area contributed by atoms with Gasteiger partial charge in [-0.3, -0.25) is 9.59 Å². The summed E-state index contributed by atoms with van der Waals surface area (Å²) in [5.41, 5.74) is 2.49. The van der Waals surface area contributed by atoms with Gasteiger partial charge in [0, 0.05) is 32.1 Å². The minimum absolute atomic E-state index is 0.00525. The van der Waals surface area contributed by atoms with Gasteiger partial charge in [-0.2, -0.15) is 0 Å². The Balaban J connectivity index is 1.83. The van der Waals surface area contributed by atoms with E-state index in [1.807, 2.05) is 35.8 Å². The first-order valence-corrected chi connectivity index (χ1v) is 10.2. The van der Waals surface area contributed by atoms with Crippen LogP contribution in [0.15, 0.2) is 18.2 Å². The number of rotatable bonds is 7. The van der Waals surface area contributed by atoms with E-state index in [-0.39, 0.29) is 24.3 Å². The Bertz CT molecular complexity index is 645. The third-order valence-electron chi connectivity index (χ3n) is 5.50. The third-order valence-corrected chi connectivity index (χ3v) is 5.50. The SMILES string of the molecule is CCN(CC)C(=O)C1CCN(C(=O)COc2ccc(C(C)C)c(C)c2)CC1. The lowest BCUT2D eigenvalue weighted by molar-refractivity contribution is -0.141. The third kappa shape index (κ3) is 5.47. The van der Waals surface area contributed by atoms with Crippen LogP contribution in [0.2, 0.25) is 0 Å². The van der Waals surface area contributed by atoms with Gasteiger partial charge >= 0.3 is 0 Å². The highest BCUT2D eigenvalue weighted by atomic mass is 16.5. The molecule has 5 heteroatoms. The molecule has 1 saturated heterocycles. The first kappa shape index (κ1) is 21.3. The van der Waals surface area contributed by atoms with Crippen molar-refractivity contribution in [2.24, 2.45) is 5.92 Å². The number of aryl methyl sites for hydroxylation is 1. The number of carbonyl (C=O) groups excluding carboxylic acids is 2. The predicted octanol–water partition coefficient (Wildman–Crippen LogP) is 3.60. The van der Waals surface area contributed by atoms with Crippen LogP contribution in [0, 0.1) is 12.8 Å². The van der Waals surface area contributed by atoms with Gasteiger partial charge < -0.3 is 14.5 Å². The Morgan fingerprint density at radius 2 is 1.81 bits per heavy atom. The molecule has 0 aromatic heterocycles. The van der Waals surface area contributed by atoms with Crippen molar-refractivity contribution >= 4 is 11.8 Å². The summed E-state index contributed by atoms with van der Waals surface area (Å²) in [7, 11) is 0. The highest BCUT2D eigenvalue weighted by Crippen LogP contribution is 2.24. The highest BCUT2D eigenvalue weighted by Gasteiger charge is 2.29. The second-order valence-electron chi connectivity index (χ2n) is 7.63. The Hall–Kier alpha value is -2.04. The molecule has 1 fully saturated rings. The van der Waals surface area contributed by atoms with Gasteiger partial charge in [0.25, 0.3) is 5.91 Å². The zero-order valence-electron chi connectivity index (χ0n) is 17.5. The number of ether oxygens (including phenoxy) is 1. The van der Waals surface area contributed by atoms with E-state index < -0.39 is 0 Å². The standard InChI is InChI=1S/C22H34N2O3/c1-6-23(7-2)22(26)18-10-12-24(13-11-18)21(25)15-27-19-8-9-20(16(3)4)17(5)14-19/h8-9,14,16,18H,6-7,10-13,15H2,1-5H3. The molecule has 2 amide bonds. The van der Waals surface area contributed by atoms with Crippen LogP contribution < -0.4 is 4.74 Å². The highest BCUT2D eigenvalue weighted by molar-refractivity contribution is 5.80. The second kappa shape index (κ2) is 9.77. The quantitative estimate of drug-likeness (QED) is 0.733. The van der Waals surface area contributed by atoms with Crippen LogP contribution in [-0.4, -0.2) is 54.4 Å². The van der Waals surface area contributed by atoms with Gasteiger partial charge in [-0.25, -0.2) is 0 Å². The number of amides is 2. The fourth-order valence-corrected chi connectivity index (χ4v) is 3.79. The van der Waals surface area contributed by atoms with E-state index in [0.29, 0.717) is 19.0 Å². The smallest absolute Gasteiger partial charge is 0.260 e. The molecule has 0 radical (unpaired) electrons. The summed E-state index contributed by atoms with van der Waals surface area (Å²) in [5, 5.41) is 0. The molecule has 5 nitrogen and oxygen atoms in total. The lowest BCUT2D eigenvalue weighted by Gasteiger charge is -2.33. The van der Waals surface area contributed by atoms with Crippen LogP contribution in [0.25, 0.3) is 0 Å². The number of piperidine rings is 1. The zero-order chi connectivity index (χ0) is 20.0. The molecule has 1 heterocycles. The van der Waals surface area contributed by atoms with E-state index in [0.717, 1.165) is 31.7 Å². The number of hydrogen-bond acceptors (Lipinski definition) is 3. The van der Waals surface area contributed by atoms with Crippen LogP contribution in [0.3, 0.4) is 0 Å². The maximum Gasteiger partial charge on any atom is 0.260 e. The average Bonchev–Trinajstić information content (AvgIpc) is 2.66. The largest absolute Gasteiger partial charge is 0.484 e. The summed E-state index contributed by atoms with van der Waals surface area (Å²) in [5.74, 6) is 1.47. The fourth-order valence-electron chi connectivity index (χ4n) is 3.79. The predicted molar refractivity (Wildman–Crippen MR) is 108 cm³/mol. The van der Waals surface area contributed by atoms with E-state index in [9.17, 15) is 9.59 Å². The van der Waals surface area contributed by atoms with E-state index in [4.69, 9.17) is 4.74 Å². The maximum absolute atomic E-state index is 12.5. The van der Waals surface area contributed by atoms with E-state index in [1.54, 1.807) is 0 Å². The van der Waals surface area contributed by atoms with Gasteiger partial charge in [0.15, 0.2) is 6.61 Å². The second-order valence-corrected chi connectivity index (χ2v) is 7.63. The van der Waals surface area contributed by atoms with Crippen molar-refractivity contribution in [1.82, 2.24) is 9.80 Å². The molecule has 0 atom stereocenters. The first-order chi connectivity index (χ1) is 12.9. The van der Waals surface area contributed by atoms with Crippen molar-refractivity contribution in [2.75, 3.05) is 32.8 Å². The molecule has 0 N–H and O–H groups in total. The molecule has 1 aromatic rings. The summed E-state index contributed by atoms with van der Waals surface area (Å²) in [6.07, 6.45) is 1.48. The molecular weight excluding hydrogens is 340 g/mol. The molecule has 0 aliphatic carbocycles. The van der Waals surface area contributed by atoms with Crippen LogP contribution in [-0.2, 0) is 9.59 Å². The lowest BCUT2D eigenvalue weighted by atomic mass is 9.95. The van der Waals surface area contributed by atoms with E-state index in [2.05, 4.69) is 26.8 Å². The normalized spacial score (nSPS) is 15.1. The lowest BCUT2D eigenvalue weighted by Crippen LogP contribution is -2.45. The van der Waals surface area contributed by atoms with E-state index in [1.165, 1.54) is 11.1 Å². The number of likely N-dealkylation sites (tertiary alicyclic amines) is 1. The van der Waals surface area contributed by atoms with Crippen LogP contribution >= 0.6 is 0 Å². The Morgan fingerprint density at radius 3 is 2.33 bits per heavy atom. The fraction of sp³-hybridized carbons (Fsp3) is 0.636. The average molecular weight is 375 g/mol. The summed E-state index contributed by atoms with van der Waals surface area (Å²) in [6.45, 7) is 13.2. The van der Waals surface area contributed by atoms with E-state index >= 15 is 0 Å². The number of hydrogen-bond donors (Lipinski definition) is 0. The molecule has 0 bridgehead atoms. The van der Waals surface area contributed by atoms with Gasteiger partial charge in [0.05, 0.1) is 0 Å². The van der Waals surface area contributed by atoms with Gasteiger partial charge in [-0.05, 0) is 62.8 Å². The molecular formula is C22H34N2O3. The first-order valence-electron chi connectivity index (χ1n) is 10.2. The van der Waals surface area contributed by atoms with Crippen molar-refractivity contribution in [1.29, 1.82) is 0 Å². The topological polar surface area (TPSA) is 49.9 Å². The zero-order valence-corrected chi connectivity index (χ0v) is 17.5. The van der Waals surface area contributed by atoms with Crippen LogP contribution in [0.1, 0.15) is 57.6 Å². The Labute approximate surface area is 163 Å². The minimum Gasteiger partial charge on any atom is -0.484 e. The molecule has 0 unspecified atom stereocenters. The molecule has 1 aliphatic heterocycles. The van der Waals surface area contributed by atoms with Crippen LogP contribution in [0.4, 0.5) is 0 Å². The summed E-state index contributed by atoms with van der Waals surface area (Å²) in [4.78, 5) is 28.6. The molecule has 27 heavy (non-hydrogen) atoms. The summed E-state index contributed by atoms with van der Waals surface area (Å²) >= 11 is 0. The van der Waals surface area contributed by atoms with Gasteiger partial charge in [-0.15, -0.1) is 0 Å². The Morgan fingerprint density at radius 1 is 1.19 bits per heavy atom.